The molecule has 0 bridgehead atoms. The third kappa shape index (κ3) is 3.13. The van der Waals surface area contributed by atoms with E-state index in [4.69, 9.17) is 9.47 Å². The summed E-state index contributed by atoms with van der Waals surface area (Å²) in [7, 11) is 1.54. The monoisotopic (exact) mass is 256 g/mol. The van der Waals surface area contributed by atoms with Crippen LogP contribution in [-0.4, -0.2) is 12.9 Å². The van der Waals surface area contributed by atoms with E-state index in [1.165, 1.54) is 6.92 Å². The highest BCUT2D eigenvalue weighted by atomic mass is 16.5. The number of carbonyl (C=O) groups is 1. The molecule has 0 heterocycles. The van der Waals surface area contributed by atoms with Crippen LogP contribution in [-0.2, 0) is 6.61 Å². The van der Waals surface area contributed by atoms with Crippen LogP contribution in [0, 0.1) is 0 Å². The van der Waals surface area contributed by atoms with Crippen LogP contribution in [0.3, 0.4) is 0 Å². The summed E-state index contributed by atoms with van der Waals surface area (Å²) in [6.07, 6.45) is 0. The van der Waals surface area contributed by atoms with Crippen molar-refractivity contribution in [3.05, 3.63) is 59.7 Å². The van der Waals surface area contributed by atoms with Gasteiger partial charge in [-0.1, -0.05) is 36.4 Å². The molecule has 0 N–H and O–H groups in total. The summed E-state index contributed by atoms with van der Waals surface area (Å²) in [6, 6.07) is 15.2. The van der Waals surface area contributed by atoms with Crippen LogP contribution < -0.4 is 9.47 Å². The first-order chi connectivity index (χ1) is 9.22. The lowest BCUT2D eigenvalue weighted by Crippen LogP contribution is -2.03. The molecule has 2 aromatic rings. The molecule has 0 saturated carbocycles. The van der Waals surface area contributed by atoms with E-state index in [1.807, 2.05) is 36.4 Å². The first-order valence-electron chi connectivity index (χ1n) is 6.07. The number of ether oxygens (including phenoxy) is 2. The van der Waals surface area contributed by atoms with E-state index in [0.29, 0.717) is 23.7 Å². The Labute approximate surface area is 112 Å². The van der Waals surface area contributed by atoms with Gasteiger partial charge in [0.25, 0.3) is 0 Å². The van der Waals surface area contributed by atoms with Crippen molar-refractivity contribution in [1.29, 1.82) is 0 Å². The highest BCUT2D eigenvalue weighted by molar-refractivity contribution is 5.99. The van der Waals surface area contributed by atoms with Crippen molar-refractivity contribution in [2.24, 2.45) is 0 Å². The summed E-state index contributed by atoms with van der Waals surface area (Å²) in [6.45, 7) is 1.93. The summed E-state index contributed by atoms with van der Waals surface area (Å²) in [5, 5.41) is 0. The lowest BCUT2D eigenvalue weighted by Gasteiger charge is -2.12. The van der Waals surface area contributed by atoms with Gasteiger partial charge in [-0.2, -0.15) is 0 Å². The van der Waals surface area contributed by atoms with Gasteiger partial charge in [0.05, 0.1) is 7.11 Å². The quantitative estimate of drug-likeness (QED) is 0.768. The summed E-state index contributed by atoms with van der Waals surface area (Å²) >= 11 is 0. The lowest BCUT2D eigenvalue weighted by molar-refractivity contribution is 0.101. The van der Waals surface area contributed by atoms with E-state index in [1.54, 1.807) is 19.2 Å². The molecule has 0 aliphatic rings. The van der Waals surface area contributed by atoms with Gasteiger partial charge < -0.3 is 9.47 Å². The number of hydrogen-bond donors (Lipinski definition) is 0. The third-order valence-corrected chi connectivity index (χ3v) is 2.80. The van der Waals surface area contributed by atoms with E-state index in [-0.39, 0.29) is 5.78 Å². The minimum atomic E-state index is -0.0690. The lowest BCUT2D eigenvalue weighted by atomic mass is 10.1. The number of ketones is 1. The van der Waals surface area contributed by atoms with Crippen LogP contribution >= 0.6 is 0 Å². The largest absolute Gasteiger partial charge is 0.496 e. The molecule has 3 heteroatoms. The minimum Gasteiger partial charge on any atom is -0.496 e. The van der Waals surface area contributed by atoms with Crippen LogP contribution in [0.4, 0.5) is 0 Å². The van der Waals surface area contributed by atoms with Gasteiger partial charge in [-0.05, 0) is 24.6 Å². The van der Waals surface area contributed by atoms with Crippen molar-refractivity contribution in [1.82, 2.24) is 0 Å². The van der Waals surface area contributed by atoms with Gasteiger partial charge in [0.15, 0.2) is 5.78 Å². The van der Waals surface area contributed by atoms with Crippen LogP contribution in [0.5, 0.6) is 11.5 Å². The molecule has 0 spiro atoms. The zero-order chi connectivity index (χ0) is 13.7. The number of methoxy groups -OCH3 is 1. The minimum absolute atomic E-state index is 0.0690. The summed E-state index contributed by atoms with van der Waals surface area (Å²) in [5.41, 5.74) is 1.54. The topological polar surface area (TPSA) is 35.5 Å². The van der Waals surface area contributed by atoms with E-state index in [0.717, 1.165) is 5.56 Å². The summed E-state index contributed by atoms with van der Waals surface area (Å²) in [5.74, 6) is 1.02. The second kappa shape index (κ2) is 6.05. The Hall–Kier alpha value is -2.29. The molecule has 2 aromatic carbocycles. The molecule has 0 fully saturated rings. The van der Waals surface area contributed by atoms with Crippen LogP contribution in [0.2, 0.25) is 0 Å². The molecular formula is C16H16O3. The molecular weight excluding hydrogens is 240 g/mol. The summed E-state index contributed by atoms with van der Waals surface area (Å²) < 4.78 is 10.9. The van der Waals surface area contributed by atoms with Gasteiger partial charge in [-0.3, -0.25) is 4.79 Å². The molecule has 0 radical (unpaired) electrons. The van der Waals surface area contributed by atoms with Gasteiger partial charge in [0.2, 0.25) is 0 Å². The molecule has 0 aliphatic carbocycles. The molecule has 19 heavy (non-hydrogen) atoms. The zero-order valence-electron chi connectivity index (χ0n) is 11.1. The van der Waals surface area contributed by atoms with Crippen LogP contribution in [0.25, 0.3) is 0 Å². The van der Waals surface area contributed by atoms with Gasteiger partial charge >= 0.3 is 0 Å². The van der Waals surface area contributed by atoms with Gasteiger partial charge in [0.1, 0.15) is 23.7 Å². The predicted octanol–water partition coefficient (Wildman–Crippen LogP) is 3.48. The molecule has 2 rings (SSSR count). The fraction of sp³-hybridized carbons (Fsp3) is 0.188. The van der Waals surface area contributed by atoms with Crippen molar-refractivity contribution >= 4 is 5.78 Å². The number of benzene rings is 2. The number of carbonyl (C=O) groups excluding carboxylic acids is 1. The molecule has 0 aliphatic heterocycles. The first-order valence-corrected chi connectivity index (χ1v) is 6.07. The second-order valence-electron chi connectivity index (χ2n) is 4.16. The fourth-order valence-corrected chi connectivity index (χ4v) is 1.88. The second-order valence-corrected chi connectivity index (χ2v) is 4.16. The molecule has 0 aromatic heterocycles. The number of Topliss-reactive ketones (excluding diaryl/α,β-unsaturated/α-hetero) is 1. The molecule has 3 nitrogen and oxygen atoms in total. The molecule has 0 saturated heterocycles. The standard InChI is InChI=1S/C16H16O3/c1-12(17)16-14(18-2)9-6-10-15(16)19-11-13-7-4-3-5-8-13/h3-10H,11H2,1-2H3. The van der Waals surface area contributed by atoms with Crippen molar-refractivity contribution in [2.75, 3.05) is 7.11 Å². The molecule has 98 valence electrons. The van der Waals surface area contributed by atoms with Crippen molar-refractivity contribution in [2.45, 2.75) is 13.5 Å². The maximum Gasteiger partial charge on any atom is 0.167 e. The van der Waals surface area contributed by atoms with Gasteiger partial charge in [-0.15, -0.1) is 0 Å². The Kier molecular flexibility index (Phi) is 4.18. The zero-order valence-corrected chi connectivity index (χ0v) is 11.1. The first kappa shape index (κ1) is 13.1. The van der Waals surface area contributed by atoms with Crippen molar-refractivity contribution in [3.63, 3.8) is 0 Å². The Morgan fingerprint density at radius 2 is 1.68 bits per heavy atom. The van der Waals surface area contributed by atoms with Crippen molar-refractivity contribution < 1.29 is 14.3 Å². The third-order valence-electron chi connectivity index (χ3n) is 2.80. The highest BCUT2D eigenvalue weighted by Gasteiger charge is 2.14. The Bertz CT molecular complexity index is 561. The predicted molar refractivity (Wildman–Crippen MR) is 73.8 cm³/mol. The average Bonchev–Trinajstić information content (AvgIpc) is 2.45. The van der Waals surface area contributed by atoms with E-state index in [9.17, 15) is 4.79 Å². The van der Waals surface area contributed by atoms with Gasteiger partial charge in [0, 0.05) is 0 Å². The Morgan fingerprint density at radius 3 is 2.32 bits per heavy atom. The van der Waals surface area contributed by atoms with Gasteiger partial charge in [-0.25, -0.2) is 0 Å². The fourth-order valence-electron chi connectivity index (χ4n) is 1.88. The molecule has 0 atom stereocenters. The van der Waals surface area contributed by atoms with Crippen LogP contribution in [0.15, 0.2) is 48.5 Å². The number of rotatable bonds is 5. The summed E-state index contributed by atoms with van der Waals surface area (Å²) in [4.78, 5) is 11.7. The Morgan fingerprint density at radius 1 is 1.00 bits per heavy atom. The Balaban J connectivity index is 2.23. The SMILES string of the molecule is COc1cccc(OCc2ccccc2)c1C(C)=O. The van der Waals surface area contributed by atoms with Crippen LogP contribution in [0.1, 0.15) is 22.8 Å². The smallest absolute Gasteiger partial charge is 0.167 e. The van der Waals surface area contributed by atoms with Crippen molar-refractivity contribution in [3.8, 4) is 11.5 Å². The normalized spacial score (nSPS) is 10.0. The highest BCUT2D eigenvalue weighted by Crippen LogP contribution is 2.29. The molecule has 0 amide bonds. The maximum atomic E-state index is 11.7. The van der Waals surface area contributed by atoms with E-state index < -0.39 is 0 Å². The van der Waals surface area contributed by atoms with E-state index in [2.05, 4.69) is 0 Å². The number of hydrogen-bond acceptors (Lipinski definition) is 3. The van der Waals surface area contributed by atoms with E-state index >= 15 is 0 Å². The average molecular weight is 256 g/mol. The maximum absolute atomic E-state index is 11.7. The molecule has 0 unspecified atom stereocenters.